The zero-order valence-electron chi connectivity index (χ0n) is 8.75. The monoisotopic (exact) mass is 233 g/mol. The van der Waals surface area contributed by atoms with Crippen molar-refractivity contribution in [2.45, 2.75) is 9.92 Å². The Labute approximate surface area is 98.1 Å². The summed E-state index contributed by atoms with van der Waals surface area (Å²) in [5.74, 6) is 0.982. The van der Waals surface area contributed by atoms with E-state index in [0.717, 1.165) is 10.6 Å². The van der Waals surface area contributed by atoms with Gasteiger partial charge in [-0.3, -0.25) is 0 Å². The largest absolute Gasteiger partial charge is 0.505 e. The molecule has 82 valence electrons. The molecule has 3 nitrogen and oxygen atoms in total. The lowest BCUT2D eigenvalue weighted by Gasteiger charge is -2.04. The predicted molar refractivity (Wildman–Crippen MR) is 63.0 cm³/mol. The molecule has 2 rings (SSSR count). The number of hydrogen-bond donors (Lipinski definition) is 1. The Morgan fingerprint density at radius 3 is 2.88 bits per heavy atom. The number of hydrogen-bond acceptors (Lipinski definition) is 4. The van der Waals surface area contributed by atoms with Crippen LogP contribution < -0.4 is 4.74 Å². The highest BCUT2D eigenvalue weighted by Crippen LogP contribution is 2.33. The Kier molecular flexibility index (Phi) is 3.31. The van der Waals surface area contributed by atoms with Gasteiger partial charge in [0.25, 0.3) is 0 Å². The second-order valence-electron chi connectivity index (χ2n) is 3.11. The molecule has 0 saturated carbocycles. The van der Waals surface area contributed by atoms with E-state index in [1.165, 1.54) is 11.8 Å². The van der Waals surface area contributed by atoms with E-state index in [2.05, 4.69) is 4.98 Å². The number of benzene rings is 1. The number of methoxy groups -OCH3 is 1. The van der Waals surface area contributed by atoms with Crippen LogP contribution >= 0.6 is 11.8 Å². The van der Waals surface area contributed by atoms with E-state index in [9.17, 15) is 5.11 Å². The fourth-order valence-corrected chi connectivity index (χ4v) is 2.07. The quantitative estimate of drug-likeness (QED) is 0.885. The lowest BCUT2D eigenvalue weighted by molar-refractivity contribution is 0.413. The van der Waals surface area contributed by atoms with E-state index < -0.39 is 0 Å². The van der Waals surface area contributed by atoms with E-state index in [0.29, 0.717) is 5.03 Å². The van der Waals surface area contributed by atoms with Crippen molar-refractivity contribution >= 4 is 11.8 Å². The third kappa shape index (κ3) is 2.46. The van der Waals surface area contributed by atoms with Crippen LogP contribution in [0.25, 0.3) is 0 Å². The molecule has 4 heteroatoms. The van der Waals surface area contributed by atoms with Gasteiger partial charge in [0.1, 0.15) is 16.5 Å². The number of rotatable bonds is 3. The minimum absolute atomic E-state index is 0.190. The summed E-state index contributed by atoms with van der Waals surface area (Å²) in [6.45, 7) is 0. The lowest BCUT2D eigenvalue weighted by atomic mass is 10.3. The molecule has 0 spiro atoms. The smallest absolute Gasteiger partial charge is 0.148 e. The normalized spacial score (nSPS) is 10.1. The van der Waals surface area contributed by atoms with Crippen LogP contribution in [0.15, 0.2) is 52.5 Å². The van der Waals surface area contributed by atoms with Gasteiger partial charge < -0.3 is 9.84 Å². The van der Waals surface area contributed by atoms with E-state index in [1.807, 2.05) is 24.3 Å². The van der Waals surface area contributed by atoms with E-state index in [1.54, 1.807) is 25.4 Å². The van der Waals surface area contributed by atoms with Crippen LogP contribution in [0.2, 0.25) is 0 Å². The molecule has 2 aromatic rings. The van der Waals surface area contributed by atoms with Crippen molar-refractivity contribution in [3.05, 3.63) is 42.6 Å². The van der Waals surface area contributed by atoms with Crippen LogP contribution in [0.4, 0.5) is 0 Å². The van der Waals surface area contributed by atoms with Crippen molar-refractivity contribution < 1.29 is 9.84 Å². The van der Waals surface area contributed by atoms with Crippen LogP contribution in [0.5, 0.6) is 11.5 Å². The van der Waals surface area contributed by atoms with Crippen LogP contribution in [0.1, 0.15) is 0 Å². The third-order valence-electron chi connectivity index (χ3n) is 2.01. The number of nitrogens with zero attached hydrogens (tertiary/aromatic N) is 1. The Balaban J connectivity index is 2.24. The van der Waals surface area contributed by atoms with Crippen LogP contribution in [0.3, 0.4) is 0 Å². The lowest BCUT2D eigenvalue weighted by Crippen LogP contribution is -1.83. The predicted octanol–water partition coefficient (Wildman–Crippen LogP) is 2.95. The standard InChI is InChI=1S/C12H11NO2S/c1-15-9-4-2-5-10(8-9)16-12-11(14)6-3-7-13-12/h2-8,14H,1H3. The summed E-state index contributed by atoms with van der Waals surface area (Å²) in [5.41, 5.74) is 0. The molecule has 1 heterocycles. The molecule has 0 bridgehead atoms. The molecule has 0 saturated heterocycles. The van der Waals surface area contributed by atoms with Crippen molar-refractivity contribution in [3.63, 3.8) is 0 Å². The first-order valence-electron chi connectivity index (χ1n) is 4.75. The van der Waals surface area contributed by atoms with Gasteiger partial charge in [-0.1, -0.05) is 17.8 Å². The number of aromatic nitrogens is 1. The number of pyridine rings is 1. The van der Waals surface area contributed by atoms with Crippen molar-refractivity contribution in [1.29, 1.82) is 0 Å². The van der Waals surface area contributed by atoms with Gasteiger partial charge in [0, 0.05) is 11.1 Å². The molecule has 0 amide bonds. The molecular weight excluding hydrogens is 222 g/mol. The molecule has 1 aromatic heterocycles. The average molecular weight is 233 g/mol. The molecule has 1 aromatic carbocycles. The molecule has 0 aliphatic rings. The van der Waals surface area contributed by atoms with Gasteiger partial charge >= 0.3 is 0 Å². The Hall–Kier alpha value is -1.68. The van der Waals surface area contributed by atoms with E-state index in [-0.39, 0.29) is 5.75 Å². The summed E-state index contributed by atoms with van der Waals surface area (Å²) in [4.78, 5) is 5.08. The summed E-state index contributed by atoms with van der Waals surface area (Å²) in [7, 11) is 1.63. The van der Waals surface area contributed by atoms with E-state index >= 15 is 0 Å². The van der Waals surface area contributed by atoms with Crippen molar-refractivity contribution in [2.75, 3.05) is 7.11 Å². The molecule has 16 heavy (non-hydrogen) atoms. The van der Waals surface area contributed by atoms with Gasteiger partial charge in [-0.2, -0.15) is 0 Å². The number of aromatic hydroxyl groups is 1. The fourth-order valence-electron chi connectivity index (χ4n) is 1.24. The SMILES string of the molecule is COc1cccc(Sc2ncccc2O)c1. The number of ether oxygens (including phenoxy) is 1. The molecule has 0 fully saturated rings. The maximum atomic E-state index is 9.58. The first-order chi connectivity index (χ1) is 7.79. The molecular formula is C12H11NO2S. The van der Waals surface area contributed by atoms with Gasteiger partial charge in [0.15, 0.2) is 0 Å². The maximum absolute atomic E-state index is 9.58. The summed E-state index contributed by atoms with van der Waals surface area (Å²) in [6.07, 6.45) is 1.65. The first kappa shape index (κ1) is 10.8. The highest BCUT2D eigenvalue weighted by atomic mass is 32.2. The van der Waals surface area contributed by atoms with Crippen molar-refractivity contribution in [3.8, 4) is 11.5 Å². The minimum Gasteiger partial charge on any atom is -0.505 e. The van der Waals surface area contributed by atoms with E-state index in [4.69, 9.17) is 4.74 Å². The van der Waals surface area contributed by atoms with Crippen molar-refractivity contribution in [1.82, 2.24) is 4.98 Å². The van der Waals surface area contributed by atoms with Crippen molar-refractivity contribution in [2.24, 2.45) is 0 Å². The third-order valence-corrected chi connectivity index (χ3v) is 3.00. The summed E-state index contributed by atoms with van der Waals surface area (Å²) >= 11 is 1.40. The average Bonchev–Trinajstić information content (AvgIpc) is 2.32. The molecule has 0 radical (unpaired) electrons. The van der Waals surface area contributed by atoms with Gasteiger partial charge in [0.2, 0.25) is 0 Å². The van der Waals surface area contributed by atoms with Gasteiger partial charge in [-0.15, -0.1) is 0 Å². The summed E-state index contributed by atoms with van der Waals surface area (Å²) < 4.78 is 5.13. The Bertz CT molecular complexity index is 488. The van der Waals surface area contributed by atoms with Gasteiger partial charge in [-0.05, 0) is 30.3 Å². The second kappa shape index (κ2) is 4.90. The second-order valence-corrected chi connectivity index (χ2v) is 4.17. The zero-order chi connectivity index (χ0) is 11.4. The van der Waals surface area contributed by atoms with Gasteiger partial charge in [0.05, 0.1) is 7.11 Å². The molecule has 0 aliphatic carbocycles. The summed E-state index contributed by atoms with van der Waals surface area (Å²) in [5, 5.41) is 10.2. The van der Waals surface area contributed by atoms with Crippen LogP contribution in [-0.2, 0) is 0 Å². The van der Waals surface area contributed by atoms with Crippen LogP contribution in [0, 0.1) is 0 Å². The minimum atomic E-state index is 0.190. The van der Waals surface area contributed by atoms with Gasteiger partial charge in [-0.25, -0.2) is 4.98 Å². The topological polar surface area (TPSA) is 42.4 Å². The highest BCUT2D eigenvalue weighted by Gasteiger charge is 2.04. The molecule has 0 aliphatic heterocycles. The maximum Gasteiger partial charge on any atom is 0.148 e. The Morgan fingerprint density at radius 2 is 2.12 bits per heavy atom. The zero-order valence-corrected chi connectivity index (χ0v) is 9.57. The molecule has 0 atom stereocenters. The molecule has 1 N–H and O–H groups in total. The fraction of sp³-hybridized carbons (Fsp3) is 0.0833. The van der Waals surface area contributed by atoms with Crippen LogP contribution in [-0.4, -0.2) is 17.2 Å². The molecule has 0 unspecified atom stereocenters. The highest BCUT2D eigenvalue weighted by molar-refractivity contribution is 7.99. The summed E-state index contributed by atoms with van der Waals surface area (Å²) in [6, 6.07) is 10.9. The Morgan fingerprint density at radius 1 is 1.25 bits per heavy atom. The first-order valence-corrected chi connectivity index (χ1v) is 5.57.